The lowest BCUT2D eigenvalue weighted by Gasteiger charge is -2.33. The second-order valence-electron chi connectivity index (χ2n) is 5.64. The second-order valence-corrected chi connectivity index (χ2v) is 6.35. The number of nitrogens with zero attached hydrogens (tertiary/aromatic N) is 2. The molecule has 0 aliphatic carbocycles. The van der Waals surface area contributed by atoms with Crippen molar-refractivity contribution in [2.24, 2.45) is 0 Å². The lowest BCUT2D eigenvalue weighted by Crippen LogP contribution is -2.46. The Morgan fingerprint density at radius 2 is 2.00 bits per heavy atom. The smallest absolute Gasteiger partial charge is 0.411 e. The van der Waals surface area contributed by atoms with Gasteiger partial charge in [-0.25, -0.2) is 14.6 Å². The van der Waals surface area contributed by atoms with Crippen molar-refractivity contribution in [3.05, 3.63) is 16.6 Å². The molecule has 7 heteroatoms. The van der Waals surface area contributed by atoms with Crippen LogP contribution in [0.15, 0.2) is 10.9 Å². The summed E-state index contributed by atoms with van der Waals surface area (Å²) < 4.78 is 5.29. The molecule has 0 fully saturated rings. The van der Waals surface area contributed by atoms with E-state index in [1.807, 2.05) is 0 Å². The van der Waals surface area contributed by atoms with E-state index >= 15 is 0 Å². The largest absolute Gasteiger partial charge is 0.479 e. The summed E-state index contributed by atoms with van der Waals surface area (Å²) in [5.41, 5.74) is 1.19. The summed E-state index contributed by atoms with van der Waals surface area (Å²) in [6.45, 7) is 8.70. The maximum atomic E-state index is 12.3. The number of ether oxygens (including phenoxy) is 1. The molecule has 0 radical (unpaired) electrons. The van der Waals surface area contributed by atoms with E-state index < -0.39 is 23.7 Å². The normalized spacial score (nSPS) is 13.1. The van der Waals surface area contributed by atoms with Crippen LogP contribution in [0, 0.1) is 0 Å². The molecule has 1 N–H and O–H groups in total. The van der Waals surface area contributed by atoms with Crippen LogP contribution in [-0.2, 0) is 9.53 Å². The van der Waals surface area contributed by atoms with Gasteiger partial charge in [0.1, 0.15) is 5.60 Å². The van der Waals surface area contributed by atoms with Gasteiger partial charge >= 0.3 is 12.1 Å². The van der Waals surface area contributed by atoms with Gasteiger partial charge < -0.3 is 9.84 Å². The first kappa shape index (κ1) is 16.4. The van der Waals surface area contributed by atoms with Crippen LogP contribution in [0.5, 0.6) is 0 Å². The number of carboxylic acid groups (broad SMARTS) is 1. The van der Waals surface area contributed by atoms with Gasteiger partial charge in [-0.05, 0) is 34.6 Å². The molecule has 0 spiro atoms. The number of aromatic nitrogens is 1. The standard InChI is InChI=1S/C13H20N2O4S/c1-8(2)15(12(18)19-13(3,4)5)10(11(16)17)9-6-20-7-14-9/h6-8,10H,1-5H3,(H,16,17). The Morgan fingerprint density at radius 1 is 1.40 bits per heavy atom. The third kappa shape index (κ3) is 4.19. The Bertz CT molecular complexity index is 465. The number of carbonyl (C=O) groups excluding carboxylic acids is 1. The lowest BCUT2D eigenvalue weighted by molar-refractivity contribution is -0.144. The quantitative estimate of drug-likeness (QED) is 0.924. The summed E-state index contributed by atoms with van der Waals surface area (Å²) >= 11 is 1.29. The third-order valence-electron chi connectivity index (χ3n) is 2.40. The Kier molecular flexibility index (Phi) is 5.10. The predicted octanol–water partition coefficient (Wildman–Crippen LogP) is 2.91. The molecule has 112 valence electrons. The van der Waals surface area contributed by atoms with Gasteiger partial charge in [0.25, 0.3) is 0 Å². The van der Waals surface area contributed by atoms with Gasteiger partial charge in [-0.3, -0.25) is 4.90 Å². The zero-order valence-electron chi connectivity index (χ0n) is 12.3. The average molecular weight is 300 g/mol. The molecule has 1 heterocycles. The van der Waals surface area contributed by atoms with E-state index in [2.05, 4.69) is 4.98 Å². The number of hydrogen-bond donors (Lipinski definition) is 1. The van der Waals surface area contributed by atoms with Gasteiger partial charge in [0.05, 0.1) is 11.2 Å². The number of thiazole rings is 1. The predicted molar refractivity (Wildman–Crippen MR) is 75.7 cm³/mol. The molecule has 1 rings (SSSR count). The van der Waals surface area contributed by atoms with Crippen molar-refractivity contribution in [2.75, 3.05) is 0 Å². The first-order chi connectivity index (χ1) is 9.13. The molecule has 1 aromatic heterocycles. The second kappa shape index (κ2) is 6.21. The first-order valence-corrected chi connectivity index (χ1v) is 7.20. The SMILES string of the molecule is CC(C)N(C(=O)OC(C)(C)C)C(C(=O)O)c1cscn1. The van der Waals surface area contributed by atoms with Crippen LogP contribution in [-0.4, -0.2) is 38.7 Å². The minimum atomic E-state index is -1.14. The van der Waals surface area contributed by atoms with Crippen LogP contribution in [0.25, 0.3) is 0 Å². The molecule has 0 saturated carbocycles. The van der Waals surface area contributed by atoms with Gasteiger partial charge in [-0.1, -0.05) is 0 Å². The zero-order chi connectivity index (χ0) is 15.5. The summed E-state index contributed by atoms with van der Waals surface area (Å²) in [5, 5.41) is 11.1. The van der Waals surface area contributed by atoms with E-state index in [1.165, 1.54) is 16.2 Å². The molecule has 1 unspecified atom stereocenters. The molecule has 0 aliphatic heterocycles. The molecule has 0 aliphatic rings. The van der Waals surface area contributed by atoms with E-state index in [-0.39, 0.29) is 6.04 Å². The van der Waals surface area contributed by atoms with Crippen LogP contribution >= 0.6 is 11.3 Å². The maximum Gasteiger partial charge on any atom is 0.411 e. The summed E-state index contributed by atoms with van der Waals surface area (Å²) in [5.74, 6) is -1.13. The van der Waals surface area contributed by atoms with Crippen molar-refractivity contribution in [1.29, 1.82) is 0 Å². The fourth-order valence-electron chi connectivity index (χ4n) is 1.67. The van der Waals surface area contributed by atoms with E-state index in [0.29, 0.717) is 5.69 Å². The average Bonchev–Trinajstić information content (AvgIpc) is 2.74. The summed E-state index contributed by atoms with van der Waals surface area (Å²) in [7, 11) is 0. The van der Waals surface area contributed by atoms with Crippen molar-refractivity contribution in [1.82, 2.24) is 9.88 Å². The van der Waals surface area contributed by atoms with E-state index in [1.54, 1.807) is 45.5 Å². The zero-order valence-corrected chi connectivity index (χ0v) is 13.1. The molecule has 0 bridgehead atoms. The fourth-order valence-corrected chi connectivity index (χ4v) is 2.25. The summed E-state index contributed by atoms with van der Waals surface area (Å²) in [4.78, 5) is 29.0. The molecule has 0 aromatic carbocycles. The van der Waals surface area contributed by atoms with Gasteiger partial charge in [0.2, 0.25) is 0 Å². The molecular weight excluding hydrogens is 280 g/mol. The number of hydrogen-bond acceptors (Lipinski definition) is 5. The Hall–Kier alpha value is -1.63. The molecule has 1 atom stereocenters. The minimum absolute atomic E-state index is 0.326. The molecule has 20 heavy (non-hydrogen) atoms. The number of carbonyl (C=O) groups is 2. The molecule has 6 nitrogen and oxygen atoms in total. The van der Waals surface area contributed by atoms with Gasteiger partial charge in [0.15, 0.2) is 6.04 Å². The van der Waals surface area contributed by atoms with Crippen LogP contribution in [0.1, 0.15) is 46.4 Å². The van der Waals surface area contributed by atoms with E-state index in [9.17, 15) is 14.7 Å². The molecule has 1 amide bonds. The van der Waals surface area contributed by atoms with Gasteiger partial charge in [-0.2, -0.15) is 0 Å². The van der Waals surface area contributed by atoms with Crippen molar-refractivity contribution in [2.45, 2.75) is 52.3 Å². The van der Waals surface area contributed by atoms with Crippen LogP contribution in [0.2, 0.25) is 0 Å². The minimum Gasteiger partial charge on any atom is -0.479 e. The van der Waals surface area contributed by atoms with Crippen molar-refractivity contribution >= 4 is 23.4 Å². The van der Waals surface area contributed by atoms with Crippen LogP contribution in [0.3, 0.4) is 0 Å². The number of rotatable bonds is 4. The first-order valence-electron chi connectivity index (χ1n) is 6.25. The molecule has 1 aromatic rings. The third-order valence-corrected chi connectivity index (χ3v) is 3.01. The highest BCUT2D eigenvalue weighted by Crippen LogP contribution is 2.25. The highest BCUT2D eigenvalue weighted by Gasteiger charge is 2.37. The number of aliphatic carboxylic acids is 1. The Morgan fingerprint density at radius 3 is 2.35 bits per heavy atom. The highest BCUT2D eigenvalue weighted by molar-refractivity contribution is 7.07. The van der Waals surface area contributed by atoms with Crippen molar-refractivity contribution < 1.29 is 19.4 Å². The maximum absolute atomic E-state index is 12.3. The topological polar surface area (TPSA) is 79.7 Å². The molecular formula is C13H20N2O4S. The number of amides is 1. The van der Waals surface area contributed by atoms with Gasteiger partial charge in [-0.15, -0.1) is 11.3 Å². The fraction of sp³-hybridized carbons (Fsp3) is 0.615. The Labute approximate surface area is 122 Å². The van der Waals surface area contributed by atoms with E-state index in [4.69, 9.17) is 4.74 Å². The summed E-state index contributed by atoms with van der Waals surface area (Å²) in [6, 6.07) is -1.47. The Balaban J connectivity index is 3.10. The van der Waals surface area contributed by atoms with E-state index in [0.717, 1.165) is 0 Å². The number of carboxylic acids is 1. The van der Waals surface area contributed by atoms with Gasteiger partial charge in [0, 0.05) is 11.4 Å². The molecule has 0 saturated heterocycles. The van der Waals surface area contributed by atoms with Crippen molar-refractivity contribution in [3.63, 3.8) is 0 Å². The van der Waals surface area contributed by atoms with Crippen molar-refractivity contribution in [3.8, 4) is 0 Å². The lowest BCUT2D eigenvalue weighted by atomic mass is 10.1. The van der Waals surface area contributed by atoms with Crippen LogP contribution in [0.4, 0.5) is 4.79 Å². The summed E-state index contributed by atoms with van der Waals surface area (Å²) in [6.07, 6.45) is -0.659. The van der Waals surface area contributed by atoms with Crippen LogP contribution < -0.4 is 0 Å². The highest BCUT2D eigenvalue weighted by atomic mass is 32.1. The monoisotopic (exact) mass is 300 g/mol.